The molecule has 0 spiro atoms. The highest BCUT2D eigenvalue weighted by Gasteiger charge is 2.26. The molecule has 1 fully saturated rings. The average Bonchev–Trinajstić information content (AvgIpc) is 3.16. The summed E-state index contributed by atoms with van der Waals surface area (Å²) in [6.45, 7) is 0.444. The minimum Gasteiger partial charge on any atom is -0.411 e. The molecule has 2 aromatic rings. The van der Waals surface area contributed by atoms with Gasteiger partial charge >= 0.3 is 0 Å². The Kier molecular flexibility index (Phi) is 6.24. The van der Waals surface area contributed by atoms with Gasteiger partial charge in [0, 0.05) is 36.7 Å². The van der Waals surface area contributed by atoms with Crippen molar-refractivity contribution < 1.29 is 18.0 Å². The summed E-state index contributed by atoms with van der Waals surface area (Å²) in [7, 11) is -2.97. The van der Waals surface area contributed by atoms with Crippen LogP contribution in [0.1, 0.15) is 29.5 Å². The van der Waals surface area contributed by atoms with E-state index in [2.05, 4.69) is 20.4 Å². The van der Waals surface area contributed by atoms with E-state index in [1.165, 1.54) is 12.1 Å². The second-order valence-corrected chi connectivity index (χ2v) is 10.5. The van der Waals surface area contributed by atoms with E-state index in [0.717, 1.165) is 12.0 Å². The first kappa shape index (κ1) is 21.7. The zero-order valence-corrected chi connectivity index (χ0v) is 18.3. The molecule has 3 heterocycles. The number of halogens is 2. The fourth-order valence-electron chi connectivity index (χ4n) is 4.02. The van der Waals surface area contributed by atoms with Gasteiger partial charge in [-0.15, -0.1) is 0 Å². The third-order valence-corrected chi connectivity index (χ3v) is 7.73. The Morgan fingerprint density at radius 1 is 1.35 bits per heavy atom. The summed E-state index contributed by atoms with van der Waals surface area (Å²) in [5, 5.41) is 16.3. The molecule has 7 nitrogen and oxygen atoms in total. The maximum Gasteiger partial charge on any atom is 0.150 e. The first-order chi connectivity index (χ1) is 14.8. The van der Waals surface area contributed by atoms with E-state index in [0.29, 0.717) is 47.9 Å². The number of hydrogen-bond acceptors (Lipinski definition) is 6. The molecular weight excluding hydrogens is 443 g/mol. The fourth-order valence-corrected chi connectivity index (χ4v) is 5.99. The van der Waals surface area contributed by atoms with E-state index in [1.54, 1.807) is 18.3 Å². The van der Waals surface area contributed by atoms with Crippen molar-refractivity contribution in [3.05, 3.63) is 58.0 Å². The number of hydrogen-bond donors (Lipinski definition) is 2. The van der Waals surface area contributed by atoms with E-state index < -0.39 is 15.7 Å². The predicted octanol–water partition coefficient (Wildman–Crippen LogP) is 3.49. The standard InChI is InChI=1S/C21H22ClFN4O3S/c22-17-8-13(3-4-18(17)23)9-19(27-28)15-5-6-24-21-16(15)10-20(26-21)25-11-14-2-1-7-31(29,30)12-14/h3-6,8,14,28H,1-2,7,9-12H2,(H,24,25,26)/b27-19+. The molecule has 0 amide bonds. The summed E-state index contributed by atoms with van der Waals surface area (Å²) < 4.78 is 37.1. The summed E-state index contributed by atoms with van der Waals surface area (Å²) in [5.41, 5.74) is 2.68. The normalized spacial score (nSPS) is 21.7. The smallest absolute Gasteiger partial charge is 0.150 e. The first-order valence-electron chi connectivity index (χ1n) is 9.98. The quantitative estimate of drug-likeness (QED) is 0.400. The van der Waals surface area contributed by atoms with Crippen LogP contribution < -0.4 is 5.32 Å². The number of nitrogens with zero attached hydrogens (tertiary/aromatic N) is 3. The van der Waals surface area contributed by atoms with Crippen LogP contribution in [0, 0.1) is 11.7 Å². The Bertz CT molecular complexity index is 1170. The van der Waals surface area contributed by atoms with Gasteiger partial charge in [-0.25, -0.2) is 17.8 Å². The van der Waals surface area contributed by atoms with Crippen LogP contribution >= 0.6 is 11.6 Å². The number of aromatic nitrogens is 1. The van der Waals surface area contributed by atoms with E-state index in [4.69, 9.17) is 11.6 Å². The molecule has 1 aromatic carbocycles. The lowest BCUT2D eigenvalue weighted by molar-refractivity contribution is 0.318. The number of pyridine rings is 1. The molecule has 2 N–H and O–H groups in total. The maximum atomic E-state index is 13.4. The number of amidine groups is 1. The van der Waals surface area contributed by atoms with Crippen LogP contribution in [-0.2, 0) is 22.7 Å². The van der Waals surface area contributed by atoms with Crippen LogP contribution in [-0.4, -0.2) is 48.2 Å². The van der Waals surface area contributed by atoms with Crippen LogP contribution in [0.5, 0.6) is 0 Å². The molecular formula is C21H22ClFN4O3S. The third kappa shape index (κ3) is 5.04. The van der Waals surface area contributed by atoms with Crippen molar-refractivity contribution in [3.8, 4) is 0 Å². The van der Waals surface area contributed by atoms with Gasteiger partial charge in [-0.3, -0.25) is 4.99 Å². The van der Waals surface area contributed by atoms with Crippen molar-refractivity contribution >= 4 is 38.8 Å². The molecule has 1 aromatic heterocycles. The highest BCUT2D eigenvalue weighted by Crippen LogP contribution is 2.27. The van der Waals surface area contributed by atoms with Gasteiger partial charge in [0.15, 0.2) is 9.84 Å². The number of benzene rings is 1. The first-order valence-corrected chi connectivity index (χ1v) is 12.2. The van der Waals surface area contributed by atoms with Crippen molar-refractivity contribution in [2.45, 2.75) is 25.7 Å². The molecule has 31 heavy (non-hydrogen) atoms. The number of aliphatic imine (C=N–C) groups is 1. The second-order valence-electron chi connectivity index (χ2n) is 7.87. The van der Waals surface area contributed by atoms with Gasteiger partial charge in [-0.1, -0.05) is 22.8 Å². The Morgan fingerprint density at radius 2 is 2.19 bits per heavy atom. The molecule has 1 unspecified atom stereocenters. The molecule has 164 valence electrons. The van der Waals surface area contributed by atoms with E-state index in [9.17, 15) is 18.0 Å². The van der Waals surface area contributed by atoms with Gasteiger partial charge in [-0.05, 0) is 42.5 Å². The van der Waals surface area contributed by atoms with E-state index in [-0.39, 0.29) is 28.9 Å². The lowest BCUT2D eigenvalue weighted by Crippen LogP contribution is -2.27. The van der Waals surface area contributed by atoms with Gasteiger partial charge in [0.1, 0.15) is 17.5 Å². The van der Waals surface area contributed by atoms with Crippen LogP contribution in [0.25, 0.3) is 0 Å². The number of fused-ring (bicyclic) bond motifs is 1. The molecule has 1 saturated heterocycles. The number of rotatable bonds is 5. The molecule has 2 aliphatic rings. The molecule has 4 rings (SSSR count). The zero-order chi connectivity index (χ0) is 22.0. The van der Waals surface area contributed by atoms with Crippen LogP contribution in [0.4, 0.5) is 10.2 Å². The maximum absolute atomic E-state index is 13.4. The zero-order valence-electron chi connectivity index (χ0n) is 16.7. The third-order valence-electron chi connectivity index (χ3n) is 5.55. The van der Waals surface area contributed by atoms with Gasteiger partial charge in [0.05, 0.1) is 22.2 Å². The Hall–Kier alpha value is -2.52. The van der Waals surface area contributed by atoms with Gasteiger partial charge in [0.2, 0.25) is 0 Å². The molecule has 0 bridgehead atoms. The van der Waals surface area contributed by atoms with Crippen LogP contribution in [0.3, 0.4) is 0 Å². The van der Waals surface area contributed by atoms with Gasteiger partial charge in [-0.2, -0.15) is 0 Å². The molecule has 0 aliphatic carbocycles. The van der Waals surface area contributed by atoms with E-state index >= 15 is 0 Å². The largest absolute Gasteiger partial charge is 0.411 e. The molecule has 0 saturated carbocycles. The Balaban J connectivity index is 1.51. The Labute approximate surface area is 185 Å². The number of sulfone groups is 1. The highest BCUT2D eigenvalue weighted by molar-refractivity contribution is 7.91. The van der Waals surface area contributed by atoms with Crippen molar-refractivity contribution in [3.63, 3.8) is 0 Å². The van der Waals surface area contributed by atoms with Crippen molar-refractivity contribution in [1.82, 2.24) is 4.98 Å². The fraction of sp³-hybridized carbons (Fsp3) is 0.381. The summed E-state index contributed by atoms with van der Waals surface area (Å²) >= 11 is 5.87. The average molecular weight is 465 g/mol. The predicted molar refractivity (Wildman–Crippen MR) is 119 cm³/mol. The number of oxime groups is 1. The molecule has 0 radical (unpaired) electrons. The number of anilines is 1. The minimum atomic E-state index is -2.97. The second kappa shape index (κ2) is 8.92. The van der Waals surface area contributed by atoms with Gasteiger partial charge in [0.25, 0.3) is 0 Å². The summed E-state index contributed by atoms with van der Waals surface area (Å²) in [5.74, 6) is 1.31. The highest BCUT2D eigenvalue weighted by atomic mass is 35.5. The monoisotopic (exact) mass is 464 g/mol. The summed E-state index contributed by atoms with van der Waals surface area (Å²) in [4.78, 5) is 8.94. The van der Waals surface area contributed by atoms with E-state index in [1.807, 2.05) is 0 Å². The molecule has 10 heteroatoms. The lowest BCUT2D eigenvalue weighted by Gasteiger charge is -2.20. The summed E-state index contributed by atoms with van der Waals surface area (Å²) in [6, 6.07) is 6.14. The van der Waals surface area contributed by atoms with Crippen molar-refractivity contribution in [2.75, 3.05) is 23.4 Å². The minimum absolute atomic E-state index is 0.00978. The van der Waals surface area contributed by atoms with Crippen molar-refractivity contribution in [1.29, 1.82) is 0 Å². The lowest BCUT2D eigenvalue weighted by atomic mass is 9.98. The Morgan fingerprint density at radius 3 is 2.94 bits per heavy atom. The summed E-state index contributed by atoms with van der Waals surface area (Å²) in [6.07, 6.45) is 3.89. The van der Waals surface area contributed by atoms with Gasteiger partial charge < -0.3 is 10.5 Å². The molecule has 1 atom stereocenters. The molecule has 2 aliphatic heterocycles. The SMILES string of the molecule is O=S1(=O)CCCC(CN=C2Cc3c(/C(Cc4ccc(F)c(Cl)c4)=N/O)ccnc3N2)C1. The topological polar surface area (TPSA) is 104 Å². The van der Waals surface area contributed by atoms with Crippen LogP contribution in [0.2, 0.25) is 5.02 Å². The van der Waals surface area contributed by atoms with Crippen molar-refractivity contribution in [2.24, 2.45) is 16.1 Å². The van der Waals surface area contributed by atoms with Crippen LogP contribution in [0.15, 0.2) is 40.6 Å². The number of nitrogens with one attached hydrogen (secondary N) is 1.